The van der Waals surface area contributed by atoms with Crippen LogP contribution in [-0.2, 0) is 22.5 Å². The fraction of sp³-hybridized carbons (Fsp3) is 0.310. The van der Waals surface area contributed by atoms with Gasteiger partial charge in [-0.1, -0.05) is 63.5 Å². The maximum Gasteiger partial charge on any atom is 0.405 e. The molecule has 220 valence electrons. The molecule has 42 heavy (non-hydrogen) atoms. The summed E-state index contributed by atoms with van der Waals surface area (Å²) in [7, 11) is 0. The van der Waals surface area contributed by atoms with Gasteiger partial charge in [-0.2, -0.15) is 13.2 Å². The number of carbonyl (C=O) groups is 1. The lowest BCUT2D eigenvalue weighted by molar-refractivity contribution is -0.143. The molecule has 2 atom stereocenters. The summed E-state index contributed by atoms with van der Waals surface area (Å²) in [5, 5.41) is 14.6. The van der Waals surface area contributed by atoms with E-state index in [1.807, 2.05) is 5.32 Å². The largest absolute Gasteiger partial charge is 0.494 e. The lowest BCUT2D eigenvalue weighted by Crippen LogP contribution is -2.52. The number of hydrogen-bond acceptors (Lipinski definition) is 6. The SMILES string of the molecule is [N-]=[N+]=NCc1ccccc1C[C@@]1(C(=O)NCC(F)(F)F)N=C(c2ccc(OCCCO)cc2)O[C@@H]1c1ccccc1Br. The van der Waals surface area contributed by atoms with Gasteiger partial charge in [0.15, 0.2) is 11.6 Å². The molecule has 0 unspecified atom stereocenters. The second-order valence-corrected chi connectivity index (χ2v) is 10.3. The van der Waals surface area contributed by atoms with Crippen molar-refractivity contribution in [3.8, 4) is 5.75 Å². The lowest BCUT2D eigenvalue weighted by Gasteiger charge is -2.32. The van der Waals surface area contributed by atoms with Gasteiger partial charge in [-0.15, -0.1) is 0 Å². The fourth-order valence-corrected chi connectivity index (χ4v) is 5.06. The molecule has 1 aliphatic rings. The van der Waals surface area contributed by atoms with Gasteiger partial charge in [-0.05, 0) is 47.0 Å². The summed E-state index contributed by atoms with van der Waals surface area (Å²) in [5.74, 6) is -0.375. The summed E-state index contributed by atoms with van der Waals surface area (Å²) < 4.78 is 52.3. The molecule has 0 radical (unpaired) electrons. The van der Waals surface area contributed by atoms with Crippen molar-refractivity contribution < 1.29 is 32.5 Å². The number of carbonyl (C=O) groups excluding carboxylic acids is 1. The highest BCUT2D eigenvalue weighted by molar-refractivity contribution is 9.10. The van der Waals surface area contributed by atoms with E-state index >= 15 is 0 Å². The molecule has 13 heteroatoms. The molecule has 4 rings (SSSR count). The van der Waals surface area contributed by atoms with Gasteiger partial charge < -0.3 is 19.9 Å². The highest BCUT2D eigenvalue weighted by atomic mass is 79.9. The third-order valence-corrected chi connectivity index (χ3v) is 7.27. The van der Waals surface area contributed by atoms with Gasteiger partial charge >= 0.3 is 6.18 Å². The van der Waals surface area contributed by atoms with Crippen LogP contribution in [0.3, 0.4) is 0 Å². The van der Waals surface area contributed by atoms with Gasteiger partial charge in [0, 0.05) is 40.0 Å². The Morgan fingerprint density at radius 1 is 1.12 bits per heavy atom. The average molecular weight is 646 g/mol. The van der Waals surface area contributed by atoms with Crippen molar-refractivity contribution in [1.82, 2.24) is 5.32 Å². The fourth-order valence-electron chi connectivity index (χ4n) is 4.56. The van der Waals surface area contributed by atoms with Crippen molar-refractivity contribution in [1.29, 1.82) is 0 Å². The van der Waals surface area contributed by atoms with Crippen molar-refractivity contribution in [3.05, 3.63) is 110 Å². The number of amides is 1. The van der Waals surface area contributed by atoms with Crippen LogP contribution in [0.2, 0.25) is 0 Å². The first-order valence-electron chi connectivity index (χ1n) is 12.9. The van der Waals surface area contributed by atoms with E-state index in [1.165, 1.54) is 0 Å². The molecule has 0 fully saturated rings. The van der Waals surface area contributed by atoms with Crippen LogP contribution in [0.5, 0.6) is 5.75 Å². The standard InChI is InChI=1S/C29H27BrF3N5O4/c30-24-9-4-3-8-23(24)25-28(27(40)35-18-29(31,32)33,16-20-6-1-2-7-21(20)17-36-38-34)37-26(42-25)19-10-12-22(13-11-19)41-15-5-14-39/h1-4,6-13,25,39H,5,14-18H2,(H,35,40)/t25-,28-/m1/s1. The Morgan fingerprint density at radius 3 is 2.48 bits per heavy atom. The van der Waals surface area contributed by atoms with Crippen molar-refractivity contribution in [2.75, 3.05) is 19.8 Å². The predicted molar refractivity (Wildman–Crippen MR) is 153 cm³/mol. The molecule has 1 heterocycles. The summed E-state index contributed by atoms with van der Waals surface area (Å²) >= 11 is 3.50. The van der Waals surface area contributed by atoms with E-state index in [-0.39, 0.29) is 25.5 Å². The molecule has 3 aromatic rings. The van der Waals surface area contributed by atoms with E-state index in [1.54, 1.807) is 72.8 Å². The van der Waals surface area contributed by atoms with E-state index < -0.39 is 30.3 Å². The molecule has 1 amide bonds. The Bertz CT molecular complexity index is 1480. The number of alkyl halides is 3. The normalized spacial score (nSPS) is 18.0. The van der Waals surface area contributed by atoms with E-state index in [4.69, 9.17) is 25.1 Å². The molecule has 1 aliphatic heterocycles. The topological polar surface area (TPSA) is 129 Å². The maximum absolute atomic E-state index is 13.9. The molecule has 0 bridgehead atoms. The lowest BCUT2D eigenvalue weighted by atomic mass is 9.81. The number of hydrogen-bond donors (Lipinski definition) is 2. The molecule has 0 saturated heterocycles. The number of benzene rings is 3. The number of aliphatic hydroxyl groups is 1. The molecule has 0 aliphatic carbocycles. The minimum atomic E-state index is -4.66. The molecule has 9 nitrogen and oxygen atoms in total. The third kappa shape index (κ3) is 7.41. The zero-order chi connectivity index (χ0) is 30.2. The second-order valence-electron chi connectivity index (χ2n) is 9.44. The van der Waals surface area contributed by atoms with Crippen molar-refractivity contribution in [2.24, 2.45) is 10.1 Å². The van der Waals surface area contributed by atoms with E-state index in [9.17, 15) is 18.0 Å². The Hall–Kier alpha value is -4.06. The molecule has 0 spiro atoms. The number of azide groups is 1. The maximum atomic E-state index is 13.9. The number of ether oxygens (including phenoxy) is 2. The van der Waals surface area contributed by atoms with Crippen LogP contribution in [0, 0.1) is 0 Å². The van der Waals surface area contributed by atoms with Crippen LogP contribution in [0.25, 0.3) is 10.4 Å². The Balaban J connectivity index is 1.84. The van der Waals surface area contributed by atoms with Crippen LogP contribution < -0.4 is 10.1 Å². The van der Waals surface area contributed by atoms with Gasteiger partial charge in [-0.25, -0.2) is 4.99 Å². The van der Waals surface area contributed by atoms with Crippen molar-refractivity contribution in [2.45, 2.75) is 37.2 Å². The predicted octanol–water partition coefficient (Wildman–Crippen LogP) is 6.20. The number of halogens is 4. The monoisotopic (exact) mass is 645 g/mol. The molecular formula is C29H27BrF3N5O4. The Kier molecular flexibility index (Phi) is 10.1. The van der Waals surface area contributed by atoms with Gasteiger partial charge in [0.1, 0.15) is 12.3 Å². The van der Waals surface area contributed by atoms with Gasteiger partial charge in [-0.3, -0.25) is 4.79 Å². The van der Waals surface area contributed by atoms with Crippen molar-refractivity contribution in [3.63, 3.8) is 0 Å². The number of nitrogens with zero attached hydrogens (tertiary/aromatic N) is 4. The van der Waals surface area contributed by atoms with Crippen LogP contribution >= 0.6 is 15.9 Å². The van der Waals surface area contributed by atoms with E-state index in [0.717, 1.165) is 0 Å². The highest BCUT2D eigenvalue weighted by Gasteiger charge is 2.54. The van der Waals surface area contributed by atoms with Gasteiger partial charge in [0.05, 0.1) is 13.2 Å². The third-order valence-electron chi connectivity index (χ3n) is 6.55. The highest BCUT2D eigenvalue weighted by Crippen LogP contribution is 2.45. The molecule has 3 aromatic carbocycles. The number of aliphatic hydroxyl groups excluding tert-OH is 1. The van der Waals surface area contributed by atoms with E-state index in [2.05, 4.69) is 26.0 Å². The number of nitrogens with one attached hydrogen (secondary N) is 1. The Labute approximate surface area is 248 Å². The average Bonchev–Trinajstić information content (AvgIpc) is 3.36. The zero-order valence-corrected chi connectivity index (χ0v) is 23.8. The summed E-state index contributed by atoms with van der Waals surface area (Å²) in [6, 6.07) is 20.5. The summed E-state index contributed by atoms with van der Waals surface area (Å²) in [5.41, 5.74) is 9.15. The second kappa shape index (κ2) is 13.7. The van der Waals surface area contributed by atoms with Gasteiger partial charge in [0.2, 0.25) is 5.90 Å². The molecule has 0 aromatic heterocycles. The molecular weight excluding hydrogens is 619 g/mol. The number of aliphatic imine (C=N–C) groups is 1. The van der Waals surface area contributed by atoms with Crippen LogP contribution in [0.15, 0.2) is 87.4 Å². The smallest absolute Gasteiger partial charge is 0.405 e. The zero-order valence-electron chi connectivity index (χ0n) is 22.2. The first kappa shape index (κ1) is 30.9. The number of rotatable bonds is 12. The Morgan fingerprint density at radius 2 is 1.81 bits per heavy atom. The van der Waals surface area contributed by atoms with Crippen molar-refractivity contribution >= 4 is 27.7 Å². The van der Waals surface area contributed by atoms with Gasteiger partial charge in [0.25, 0.3) is 5.91 Å². The minimum Gasteiger partial charge on any atom is -0.494 e. The first-order chi connectivity index (χ1) is 20.2. The summed E-state index contributed by atoms with van der Waals surface area (Å²) in [6.07, 6.45) is -5.46. The van der Waals surface area contributed by atoms with E-state index in [0.29, 0.717) is 45.5 Å². The van der Waals surface area contributed by atoms with Crippen LogP contribution in [-0.4, -0.2) is 48.4 Å². The van der Waals surface area contributed by atoms with Crippen LogP contribution in [0.4, 0.5) is 13.2 Å². The molecule has 2 N–H and O–H groups in total. The molecule has 0 saturated carbocycles. The summed E-state index contributed by atoms with van der Waals surface area (Å²) in [4.78, 5) is 21.4. The minimum absolute atomic E-state index is 0.0103. The summed E-state index contributed by atoms with van der Waals surface area (Å²) in [6.45, 7) is -1.28. The first-order valence-corrected chi connectivity index (χ1v) is 13.7. The quantitative estimate of drug-likeness (QED) is 0.105. The van der Waals surface area contributed by atoms with Crippen LogP contribution in [0.1, 0.15) is 34.8 Å².